The normalized spacial score (nSPS) is 12.6. The summed E-state index contributed by atoms with van der Waals surface area (Å²) in [4.78, 5) is 13.0. The molecule has 0 aliphatic heterocycles. The minimum Gasteiger partial charge on any atom is -0.461 e. The molecule has 0 saturated heterocycles. The van der Waals surface area contributed by atoms with Crippen LogP contribution in [-0.4, -0.2) is 34.1 Å². The number of nitrogens with zero attached hydrogens (tertiary/aromatic N) is 3. The molecule has 0 aliphatic carbocycles. The molecule has 21 heavy (non-hydrogen) atoms. The van der Waals surface area contributed by atoms with Gasteiger partial charge >= 0.3 is 6.01 Å². The maximum absolute atomic E-state index is 5.59. The van der Waals surface area contributed by atoms with E-state index in [0.29, 0.717) is 29.7 Å². The van der Waals surface area contributed by atoms with Gasteiger partial charge in [-0.15, -0.1) is 0 Å². The van der Waals surface area contributed by atoms with Crippen LogP contribution < -0.4 is 15.4 Å². The van der Waals surface area contributed by atoms with E-state index in [-0.39, 0.29) is 6.10 Å². The van der Waals surface area contributed by atoms with Gasteiger partial charge < -0.3 is 15.4 Å². The summed E-state index contributed by atoms with van der Waals surface area (Å²) in [5, 5.41) is 6.45. The summed E-state index contributed by atoms with van der Waals surface area (Å²) in [6.45, 7) is 14.3. The highest BCUT2D eigenvalue weighted by Gasteiger charge is 2.11. The molecule has 0 aliphatic rings. The number of hydrogen-bond donors (Lipinski definition) is 2. The zero-order valence-corrected chi connectivity index (χ0v) is 14.1. The highest BCUT2D eigenvalue weighted by atomic mass is 16.5. The molecule has 1 unspecified atom stereocenters. The van der Waals surface area contributed by atoms with E-state index in [1.165, 1.54) is 0 Å². The van der Waals surface area contributed by atoms with Crippen molar-refractivity contribution in [2.75, 3.05) is 23.7 Å². The Morgan fingerprint density at radius 3 is 2.10 bits per heavy atom. The predicted molar refractivity (Wildman–Crippen MR) is 86.9 cm³/mol. The minimum atomic E-state index is 0.0360. The number of anilines is 2. The second-order valence-corrected chi connectivity index (χ2v) is 5.96. The summed E-state index contributed by atoms with van der Waals surface area (Å²) in [6.07, 6.45) is 1.05. The number of ether oxygens (including phenoxy) is 1. The number of aromatic nitrogens is 3. The summed E-state index contributed by atoms with van der Waals surface area (Å²) in [6, 6.07) is 0.360. The van der Waals surface area contributed by atoms with Crippen LogP contribution >= 0.6 is 0 Å². The SMILES string of the molecule is CCCNc1nc(NCC(C)C(C)C)nc(OC(C)C)n1. The molecule has 1 aromatic heterocycles. The van der Waals surface area contributed by atoms with Gasteiger partial charge in [-0.2, -0.15) is 15.0 Å². The standard InChI is InChI=1S/C15H29N5O/c1-7-8-16-13-18-14(17-9-12(6)10(2)3)20-15(19-13)21-11(4)5/h10-12H,7-9H2,1-6H3,(H2,16,17,18,19,20). The van der Waals surface area contributed by atoms with E-state index in [9.17, 15) is 0 Å². The molecule has 0 aromatic carbocycles. The zero-order valence-electron chi connectivity index (χ0n) is 14.1. The van der Waals surface area contributed by atoms with E-state index in [1.54, 1.807) is 0 Å². The van der Waals surface area contributed by atoms with Crippen molar-refractivity contribution in [3.05, 3.63) is 0 Å². The Labute approximate surface area is 128 Å². The number of hydrogen-bond acceptors (Lipinski definition) is 6. The molecule has 0 amide bonds. The van der Waals surface area contributed by atoms with Crippen LogP contribution in [0.25, 0.3) is 0 Å². The highest BCUT2D eigenvalue weighted by Crippen LogP contribution is 2.15. The summed E-state index contributed by atoms with van der Waals surface area (Å²) in [5.41, 5.74) is 0. The van der Waals surface area contributed by atoms with Crippen LogP contribution in [0, 0.1) is 11.8 Å². The van der Waals surface area contributed by atoms with Crippen LogP contribution in [0.5, 0.6) is 6.01 Å². The van der Waals surface area contributed by atoms with E-state index in [0.717, 1.165) is 19.5 Å². The minimum absolute atomic E-state index is 0.0360. The van der Waals surface area contributed by atoms with Crippen molar-refractivity contribution >= 4 is 11.9 Å². The van der Waals surface area contributed by atoms with Crippen molar-refractivity contribution in [2.24, 2.45) is 11.8 Å². The molecule has 0 radical (unpaired) electrons. The lowest BCUT2D eigenvalue weighted by molar-refractivity contribution is 0.222. The van der Waals surface area contributed by atoms with Gasteiger partial charge in [-0.25, -0.2) is 0 Å². The predicted octanol–water partition coefficient (Wildman–Crippen LogP) is 3.18. The third-order valence-corrected chi connectivity index (χ3v) is 3.21. The van der Waals surface area contributed by atoms with E-state index >= 15 is 0 Å². The Morgan fingerprint density at radius 2 is 1.57 bits per heavy atom. The fourth-order valence-electron chi connectivity index (χ4n) is 1.50. The molecular weight excluding hydrogens is 266 g/mol. The first-order valence-electron chi connectivity index (χ1n) is 7.82. The van der Waals surface area contributed by atoms with Crippen LogP contribution in [0.15, 0.2) is 0 Å². The maximum Gasteiger partial charge on any atom is 0.323 e. The fraction of sp³-hybridized carbons (Fsp3) is 0.800. The summed E-state index contributed by atoms with van der Waals surface area (Å²) >= 11 is 0. The molecular formula is C15H29N5O. The topological polar surface area (TPSA) is 72.0 Å². The van der Waals surface area contributed by atoms with Gasteiger partial charge in [0.1, 0.15) is 0 Å². The van der Waals surface area contributed by atoms with E-state index in [2.05, 4.69) is 53.3 Å². The lowest BCUT2D eigenvalue weighted by atomic mass is 9.98. The fourth-order valence-corrected chi connectivity index (χ4v) is 1.50. The Kier molecular flexibility index (Phi) is 7.19. The highest BCUT2D eigenvalue weighted by molar-refractivity contribution is 5.35. The van der Waals surface area contributed by atoms with E-state index < -0.39 is 0 Å². The summed E-state index contributed by atoms with van der Waals surface area (Å²) < 4.78 is 5.59. The first-order valence-corrected chi connectivity index (χ1v) is 7.82. The third-order valence-electron chi connectivity index (χ3n) is 3.21. The molecule has 0 bridgehead atoms. The van der Waals surface area contributed by atoms with Crippen molar-refractivity contribution in [1.82, 2.24) is 15.0 Å². The molecule has 0 saturated carbocycles. The quantitative estimate of drug-likeness (QED) is 0.729. The molecule has 6 nitrogen and oxygen atoms in total. The van der Waals surface area contributed by atoms with Gasteiger partial charge in [0.15, 0.2) is 0 Å². The second-order valence-electron chi connectivity index (χ2n) is 5.96. The molecule has 1 rings (SSSR count). The Balaban J connectivity index is 2.79. The molecule has 1 heterocycles. The molecule has 6 heteroatoms. The molecule has 2 N–H and O–H groups in total. The molecule has 120 valence electrons. The van der Waals surface area contributed by atoms with Crippen molar-refractivity contribution in [2.45, 2.75) is 54.1 Å². The van der Waals surface area contributed by atoms with Crippen molar-refractivity contribution in [3.8, 4) is 6.01 Å². The Hall–Kier alpha value is -1.59. The van der Waals surface area contributed by atoms with Crippen molar-refractivity contribution < 1.29 is 4.74 Å². The van der Waals surface area contributed by atoms with Crippen LogP contribution in [0.3, 0.4) is 0 Å². The van der Waals surface area contributed by atoms with Crippen LogP contribution in [0.4, 0.5) is 11.9 Å². The smallest absolute Gasteiger partial charge is 0.323 e. The Bertz CT molecular complexity index is 423. The molecule has 0 fully saturated rings. The van der Waals surface area contributed by atoms with Crippen LogP contribution in [0.1, 0.15) is 48.0 Å². The van der Waals surface area contributed by atoms with Gasteiger partial charge in [0.05, 0.1) is 6.10 Å². The van der Waals surface area contributed by atoms with Gasteiger partial charge in [-0.05, 0) is 32.1 Å². The zero-order chi connectivity index (χ0) is 15.8. The largest absolute Gasteiger partial charge is 0.461 e. The van der Waals surface area contributed by atoms with E-state index in [4.69, 9.17) is 4.74 Å². The lowest BCUT2D eigenvalue weighted by Gasteiger charge is -2.17. The lowest BCUT2D eigenvalue weighted by Crippen LogP contribution is -2.19. The summed E-state index contributed by atoms with van der Waals surface area (Å²) in [7, 11) is 0. The monoisotopic (exact) mass is 295 g/mol. The number of nitrogens with one attached hydrogen (secondary N) is 2. The van der Waals surface area contributed by atoms with Crippen LogP contribution in [0.2, 0.25) is 0 Å². The van der Waals surface area contributed by atoms with Gasteiger partial charge in [-0.3, -0.25) is 0 Å². The maximum atomic E-state index is 5.59. The molecule has 0 spiro atoms. The van der Waals surface area contributed by atoms with Crippen molar-refractivity contribution in [1.29, 1.82) is 0 Å². The van der Waals surface area contributed by atoms with Gasteiger partial charge in [0.25, 0.3) is 0 Å². The molecule has 1 atom stereocenters. The van der Waals surface area contributed by atoms with E-state index in [1.807, 2.05) is 13.8 Å². The Morgan fingerprint density at radius 1 is 0.952 bits per heavy atom. The first kappa shape index (κ1) is 17.5. The summed E-state index contributed by atoms with van der Waals surface area (Å²) in [5.74, 6) is 2.28. The third kappa shape index (κ3) is 6.60. The van der Waals surface area contributed by atoms with Crippen molar-refractivity contribution in [3.63, 3.8) is 0 Å². The average molecular weight is 295 g/mol. The van der Waals surface area contributed by atoms with Crippen LogP contribution in [-0.2, 0) is 0 Å². The number of rotatable bonds is 9. The molecule has 1 aromatic rings. The van der Waals surface area contributed by atoms with Gasteiger partial charge in [0, 0.05) is 13.1 Å². The second kappa shape index (κ2) is 8.64. The first-order chi connectivity index (χ1) is 9.92. The van der Waals surface area contributed by atoms with Gasteiger partial charge in [-0.1, -0.05) is 27.7 Å². The average Bonchev–Trinajstić information content (AvgIpc) is 2.41. The van der Waals surface area contributed by atoms with Gasteiger partial charge in [0.2, 0.25) is 11.9 Å².